The van der Waals surface area contributed by atoms with Crippen LogP contribution in [-0.4, -0.2) is 24.3 Å². The van der Waals surface area contributed by atoms with Gasteiger partial charge in [-0.3, -0.25) is 9.69 Å². The third-order valence-electron chi connectivity index (χ3n) is 3.59. The summed E-state index contributed by atoms with van der Waals surface area (Å²) >= 11 is 1.69. The van der Waals surface area contributed by atoms with Crippen molar-refractivity contribution < 1.29 is 4.79 Å². The van der Waals surface area contributed by atoms with Crippen LogP contribution in [0.1, 0.15) is 32.6 Å². The number of rotatable bonds is 5. The van der Waals surface area contributed by atoms with E-state index >= 15 is 0 Å². The van der Waals surface area contributed by atoms with Crippen molar-refractivity contribution in [2.75, 3.05) is 13.6 Å². The lowest BCUT2D eigenvalue weighted by Crippen LogP contribution is -2.26. The number of aryl methyl sites for hydroxylation is 3. The van der Waals surface area contributed by atoms with Crippen molar-refractivity contribution in [2.24, 2.45) is 0 Å². The zero-order valence-corrected chi connectivity index (χ0v) is 13.4. The molecule has 1 aromatic carbocycles. The molecule has 106 valence electrons. The minimum Gasteiger partial charge on any atom is -0.295 e. The highest BCUT2D eigenvalue weighted by molar-refractivity contribution is 7.07. The fourth-order valence-corrected chi connectivity index (χ4v) is 3.00. The highest BCUT2D eigenvalue weighted by Gasteiger charge is 2.13. The molecule has 0 aliphatic rings. The minimum absolute atomic E-state index is 0.198. The molecular weight excluding hydrogens is 266 g/mol. The van der Waals surface area contributed by atoms with Crippen molar-refractivity contribution in [3.8, 4) is 0 Å². The van der Waals surface area contributed by atoms with Gasteiger partial charge in [0.05, 0.1) is 6.54 Å². The molecule has 0 spiro atoms. The van der Waals surface area contributed by atoms with Crippen molar-refractivity contribution in [1.82, 2.24) is 4.90 Å². The Morgan fingerprint density at radius 2 is 1.85 bits per heavy atom. The average molecular weight is 287 g/mol. The van der Waals surface area contributed by atoms with Gasteiger partial charge in [-0.2, -0.15) is 11.3 Å². The maximum Gasteiger partial charge on any atom is 0.177 e. The van der Waals surface area contributed by atoms with E-state index in [2.05, 4.69) is 41.6 Å². The SMILES string of the molecule is Cc1cc(C)c(C(=O)CN(C)Cc2ccsc2)cc1C. The molecule has 0 radical (unpaired) electrons. The summed E-state index contributed by atoms with van der Waals surface area (Å²) in [6, 6.07) is 6.22. The summed E-state index contributed by atoms with van der Waals surface area (Å²) in [6.45, 7) is 7.43. The van der Waals surface area contributed by atoms with Crippen LogP contribution in [0.25, 0.3) is 0 Å². The third kappa shape index (κ3) is 3.56. The van der Waals surface area contributed by atoms with Crippen molar-refractivity contribution in [3.63, 3.8) is 0 Å². The molecule has 2 aromatic rings. The molecular formula is C17H21NOS. The summed E-state index contributed by atoms with van der Waals surface area (Å²) in [4.78, 5) is 14.5. The van der Waals surface area contributed by atoms with E-state index < -0.39 is 0 Å². The van der Waals surface area contributed by atoms with E-state index in [1.807, 2.05) is 20.0 Å². The first-order chi connectivity index (χ1) is 9.47. The number of carbonyl (C=O) groups excluding carboxylic acids is 1. The molecule has 1 aromatic heterocycles. The Kier molecular flexibility index (Phi) is 4.73. The zero-order valence-electron chi connectivity index (χ0n) is 12.6. The third-order valence-corrected chi connectivity index (χ3v) is 4.32. The molecule has 0 N–H and O–H groups in total. The van der Waals surface area contributed by atoms with E-state index in [9.17, 15) is 4.79 Å². The standard InChI is InChI=1S/C17H21NOS/c1-12-7-14(3)16(8-13(12)2)17(19)10-18(4)9-15-5-6-20-11-15/h5-8,11H,9-10H2,1-4H3. The average Bonchev–Trinajstić information content (AvgIpc) is 2.86. The van der Waals surface area contributed by atoms with Crippen molar-refractivity contribution in [3.05, 3.63) is 56.8 Å². The predicted molar refractivity (Wildman–Crippen MR) is 85.6 cm³/mol. The minimum atomic E-state index is 0.198. The Balaban J connectivity index is 2.06. The highest BCUT2D eigenvalue weighted by Crippen LogP contribution is 2.16. The number of likely N-dealkylation sites (N-methyl/N-ethyl adjacent to an activating group) is 1. The molecule has 0 amide bonds. The predicted octanol–water partition coefficient (Wildman–Crippen LogP) is 3.99. The van der Waals surface area contributed by atoms with Gasteiger partial charge < -0.3 is 0 Å². The van der Waals surface area contributed by atoms with E-state index in [0.29, 0.717) is 6.54 Å². The molecule has 0 unspecified atom stereocenters. The number of thiophene rings is 1. The lowest BCUT2D eigenvalue weighted by molar-refractivity contribution is 0.0942. The summed E-state index contributed by atoms with van der Waals surface area (Å²) in [6.07, 6.45) is 0. The van der Waals surface area contributed by atoms with Gasteiger partial charge in [-0.1, -0.05) is 6.07 Å². The molecule has 0 saturated heterocycles. The van der Waals surface area contributed by atoms with Gasteiger partial charge in [0.2, 0.25) is 0 Å². The van der Waals surface area contributed by atoms with Crippen LogP contribution < -0.4 is 0 Å². The molecule has 0 atom stereocenters. The van der Waals surface area contributed by atoms with E-state index in [-0.39, 0.29) is 5.78 Å². The van der Waals surface area contributed by atoms with Crippen LogP contribution in [-0.2, 0) is 6.54 Å². The number of carbonyl (C=O) groups is 1. The zero-order chi connectivity index (χ0) is 14.7. The number of benzene rings is 1. The molecule has 0 aliphatic heterocycles. The van der Waals surface area contributed by atoms with Gasteiger partial charge in [-0.05, 0) is 73.0 Å². The summed E-state index contributed by atoms with van der Waals surface area (Å²) in [5.41, 5.74) is 5.61. The van der Waals surface area contributed by atoms with Gasteiger partial charge >= 0.3 is 0 Å². The number of hydrogen-bond donors (Lipinski definition) is 0. The smallest absolute Gasteiger partial charge is 0.177 e. The first-order valence-corrected chi connectivity index (χ1v) is 7.72. The molecule has 2 rings (SSSR count). The Labute approximate surface area is 125 Å². The maximum atomic E-state index is 12.4. The Bertz CT molecular complexity index is 602. The van der Waals surface area contributed by atoms with Crippen molar-refractivity contribution in [1.29, 1.82) is 0 Å². The number of ketones is 1. The normalized spacial score (nSPS) is 11.1. The Morgan fingerprint density at radius 1 is 1.15 bits per heavy atom. The molecule has 20 heavy (non-hydrogen) atoms. The lowest BCUT2D eigenvalue weighted by atomic mass is 9.98. The van der Waals surface area contributed by atoms with Gasteiger partial charge in [-0.25, -0.2) is 0 Å². The topological polar surface area (TPSA) is 20.3 Å². The molecule has 0 fully saturated rings. The number of Topliss-reactive ketones (excluding diaryl/α,β-unsaturated/α-hetero) is 1. The van der Waals surface area contributed by atoms with Gasteiger partial charge in [-0.15, -0.1) is 0 Å². The maximum absolute atomic E-state index is 12.4. The second kappa shape index (κ2) is 6.33. The van der Waals surface area contributed by atoms with E-state index in [4.69, 9.17) is 0 Å². The molecule has 1 heterocycles. The monoisotopic (exact) mass is 287 g/mol. The van der Waals surface area contributed by atoms with Crippen LogP contribution in [0.2, 0.25) is 0 Å². The van der Waals surface area contributed by atoms with Gasteiger partial charge in [0.25, 0.3) is 0 Å². The number of hydrogen-bond acceptors (Lipinski definition) is 3. The van der Waals surface area contributed by atoms with Gasteiger partial charge in [0.15, 0.2) is 5.78 Å². The number of nitrogens with zero attached hydrogens (tertiary/aromatic N) is 1. The van der Waals surface area contributed by atoms with Crippen LogP contribution in [0.15, 0.2) is 29.0 Å². The highest BCUT2D eigenvalue weighted by atomic mass is 32.1. The lowest BCUT2D eigenvalue weighted by Gasteiger charge is -2.16. The summed E-state index contributed by atoms with van der Waals surface area (Å²) in [5, 5.41) is 4.20. The first kappa shape index (κ1) is 14.9. The van der Waals surface area contributed by atoms with E-state index in [1.165, 1.54) is 16.7 Å². The van der Waals surface area contributed by atoms with Crippen LogP contribution in [0.3, 0.4) is 0 Å². The summed E-state index contributed by atoms with van der Waals surface area (Å²) in [5.74, 6) is 0.198. The molecule has 0 bridgehead atoms. The Hall–Kier alpha value is -1.45. The van der Waals surface area contributed by atoms with E-state index in [0.717, 1.165) is 17.7 Å². The summed E-state index contributed by atoms with van der Waals surface area (Å²) in [7, 11) is 1.99. The second-order valence-electron chi connectivity index (χ2n) is 5.48. The van der Waals surface area contributed by atoms with Crippen LogP contribution >= 0.6 is 11.3 Å². The van der Waals surface area contributed by atoms with Crippen molar-refractivity contribution >= 4 is 17.1 Å². The molecule has 0 saturated carbocycles. The van der Waals surface area contributed by atoms with Crippen LogP contribution in [0, 0.1) is 20.8 Å². The quantitative estimate of drug-likeness (QED) is 0.775. The fourth-order valence-electron chi connectivity index (χ4n) is 2.34. The largest absolute Gasteiger partial charge is 0.295 e. The summed E-state index contributed by atoms with van der Waals surface area (Å²) < 4.78 is 0. The molecule has 0 aliphatic carbocycles. The Morgan fingerprint density at radius 3 is 2.50 bits per heavy atom. The van der Waals surface area contributed by atoms with Gasteiger partial charge in [0, 0.05) is 12.1 Å². The first-order valence-electron chi connectivity index (χ1n) is 6.78. The van der Waals surface area contributed by atoms with Gasteiger partial charge in [0.1, 0.15) is 0 Å². The molecule has 3 heteroatoms. The van der Waals surface area contributed by atoms with E-state index in [1.54, 1.807) is 11.3 Å². The fraction of sp³-hybridized carbons (Fsp3) is 0.353. The van der Waals surface area contributed by atoms with Crippen LogP contribution in [0.5, 0.6) is 0 Å². The van der Waals surface area contributed by atoms with Crippen molar-refractivity contribution in [2.45, 2.75) is 27.3 Å². The second-order valence-corrected chi connectivity index (χ2v) is 6.26. The van der Waals surface area contributed by atoms with Crippen LogP contribution in [0.4, 0.5) is 0 Å². The molecule has 2 nitrogen and oxygen atoms in total.